The van der Waals surface area contributed by atoms with Crippen molar-refractivity contribution in [2.45, 2.75) is 6.92 Å². The maximum absolute atomic E-state index is 13.7. The van der Waals surface area contributed by atoms with E-state index in [0.717, 1.165) is 23.5 Å². The Morgan fingerprint density at radius 2 is 1.88 bits per heavy atom. The highest BCUT2D eigenvalue weighted by molar-refractivity contribution is 7.08. The lowest BCUT2D eigenvalue weighted by Gasteiger charge is -2.05. The van der Waals surface area contributed by atoms with E-state index in [0.29, 0.717) is 0 Å². The van der Waals surface area contributed by atoms with Gasteiger partial charge in [0.05, 0.1) is 5.56 Å². The van der Waals surface area contributed by atoms with Crippen LogP contribution in [0.1, 0.15) is 15.9 Å². The highest BCUT2D eigenvalue weighted by Crippen LogP contribution is 2.31. The first-order valence-corrected chi connectivity index (χ1v) is 5.70. The van der Waals surface area contributed by atoms with E-state index in [-0.39, 0.29) is 22.3 Å². The van der Waals surface area contributed by atoms with E-state index in [1.165, 1.54) is 17.7 Å². The van der Waals surface area contributed by atoms with Crippen LogP contribution < -0.4 is 0 Å². The zero-order valence-electron chi connectivity index (χ0n) is 8.83. The number of benzene rings is 1. The van der Waals surface area contributed by atoms with Gasteiger partial charge in [-0.3, -0.25) is 0 Å². The standard InChI is InChI=1S/C12H8F2O2S/c1-6-2-11(14)7(3-10(6)13)8-4-17-5-9(8)12(15)16/h2-5H,1H3,(H,15,16). The van der Waals surface area contributed by atoms with Crippen LogP contribution in [-0.4, -0.2) is 11.1 Å². The number of hydrogen-bond donors (Lipinski definition) is 1. The van der Waals surface area contributed by atoms with Gasteiger partial charge in [-0.25, -0.2) is 13.6 Å². The molecule has 0 spiro atoms. The average molecular weight is 254 g/mol. The normalized spacial score (nSPS) is 10.5. The maximum atomic E-state index is 13.7. The Hall–Kier alpha value is -1.75. The fourth-order valence-corrected chi connectivity index (χ4v) is 2.35. The second-order valence-electron chi connectivity index (χ2n) is 3.59. The van der Waals surface area contributed by atoms with Crippen LogP contribution in [0.5, 0.6) is 0 Å². The molecule has 0 saturated heterocycles. The number of carboxylic acid groups (broad SMARTS) is 1. The molecule has 88 valence electrons. The number of hydrogen-bond acceptors (Lipinski definition) is 2. The molecule has 2 nitrogen and oxygen atoms in total. The Bertz CT molecular complexity index is 590. The Balaban J connectivity index is 2.64. The van der Waals surface area contributed by atoms with E-state index in [9.17, 15) is 13.6 Å². The molecule has 0 saturated carbocycles. The smallest absolute Gasteiger partial charge is 0.337 e. The Labute approximate surface area is 100 Å². The Morgan fingerprint density at radius 3 is 2.53 bits per heavy atom. The number of thiophene rings is 1. The van der Waals surface area contributed by atoms with Gasteiger partial charge >= 0.3 is 5.97 Å². The van der Waals surface area contributed by atoms with Crippen molar-refractivity contribution in [1.29, 1.82) is 0 Å². The predicted molar refractivity (Wildman–Crippen MR) is 61.4 cm³/mol. The monoisotopic (exact) mass is 254 g/mol. The van der Waals surface area contributed by atoms with Crippen LogP contribution in [-0.2, 0) is 0 Å². The molecule has 17 heavy (non-hydrogen) atoms. The summed E-state index contributed by atoms with van der Waals surface area (Å²) < 4.78 is 27.1. The lowest BCUT2D eigenvalue weighted by molar-refractivity contribution is 0.0698. The van der Waals surface area contributed by atoms with Gasteiger partial charge in [0.2, 0.25) is 0 Å². The minimum atomic E-state index is -1.15. The molecule has 5 heteroatoms. The summed E-state index contributed by atoms with van der Waals surface area (Å²) in [6.07, 6.45) is 0. The molecule has 0 bridgehead atoms. The summed E-state index contributed by atoms with van der Waals surface area (Å²) in [5.74, 6) is -2.32. The van der Waals surface area contributed by atoms with Gasteiger partial charge in [-0.05, 0) is 30.0 Å². The lowest BCUT2D eigenvalue weighted by Crippen LogP contribution is -1.98. The molecule has 1 heterocycles. The van der Waals surface area contributed by atoms with Crippen molar-refractivity contribution < 1.29 is 18.7 Å². The summed E-state index contributed by atoms with van der Waals surface area (Å²) in [5, 5.41) is 11.8. The van der Waals surface area contributed by atoms with Crippen molar-refractivity contribution >= 4 is 17.3 Å². The minimum Gasteiger partial charge on any atom is -0.478 e. The van der Waals surface area contributed by atoms with Crippen molar-refractivity contribution in [2.75, 3.05) is 0 Å². The molecule has 0 radical (unpaired) electrons. The van der Waals surface area contributed by atoms with Crippen molar-refractivity contribution in [2.24, 2.45) is 0 Å². The Morgan fingerprint density at radius 1 is 1.18 bits per heavy atom. The van der Waals surface area contributed by atoms with E-state index >= 15 is 0 Å². The fourth-order valence-electron chi connectivity index (χ4n) is 1.52. The molecule has 0 aliphatic carbocycles. The predicted octanol–water partition coefficient (Wildman–Crippen LogP) is 3.70. The first-order valence-electron chi connectivity index (χ1n) is 4.76. The number of aryl methyl sites for hydroxylation is 1. The molecule has 2 rings (SSSR count). The number of carbonyl (C=O) groups is 1. The summed E-state index contributed by atoms with van der Waals surface area (Å²) in [7, 11) is 0. The number of aromatic carboxylic acids is 1. The second-order valence-corrected chi connectivity index (χ2v) is 4.33. The molecule has 1 aromatic heterocycles. The van der Waals surface area contributed by atoms with Gasteiger partial charge in [0, 0.05) is 16.5 Å². The SMILES string of the molecule is Cc1cc(F)c(-c2cscc2C(=O)O)cc1F. The molecular weight excluding hydrogens is 246 g/mol. The number of carboxylic acids is 1. The van der Waals surface area contributed by atoms with E-state index < -0.39 is 17.6 Å². The first kappa shape index (κ1) is 11.7. The summed E-state index contributed by atoms with van der Waals surface area (Å²) in [4.78, 5) is 10.9. The molecule has 0 unspecified atom stereocenters. The van der Waals surface area contributed by atoms with Gasteiger partial charge in [0.25, 0.3) is 0 Å². The van der Waals surface area contributed by atoms with Crippen molar-refractivity contribution in [1.82, 2.24) is 0 Å². The van der Waals surface area contributed by atoms with Crippen LogP contribution in [0.2, 0.25) is 0 Å². The molecule has 0 aliphatic heterocycles. The zero-order chi connectivity index (χ0) is 12.6. The number of rotatable bonds is 2. The maximum Gasteiger partial charge on any atom is 0.337 e. The van der Waals surface area contributed by atoms with Crippen molar-refractivity contribution in [3.05, 3.63) is 45.7 Å². The van der Waals surface area contributed by atoms with Crippen LogP contribution in [0.15, 0.2) is 22.9 Å². The van der Waals surface area contributed by atoms with Crippen LogP contribution >= 0.6 is 11.3 Å². The second kappa shape index (κ2) is 4.25. The molecule has 0 aliphatic rings. The summed E-state index contributed by atoms with van der Waals surface area (Å²) in [6, 6.07) is 2.09. The topological polar surface area (TPSA) is 37.3 Å². The fraction of sp³-hybridized carbons (Fsp3) is 0.0833. The van der Waals surface area contributed by atoms with Gasteiger partial charge in [0.1, 0.15) is 11.6 Å². The van der Waals surface area contributed by atoms with Gasteiger partial charge in [-0.2, -0.15) is 11.3 Å². The quantitative estimate of drug-likeness (QED) is 0.887. The van der Waals surface area contributed by atoms with Crippen LogP contribution in [0.25, 0.3) is 11.1 Å². The lowest BCUT2D eigenvalue weighted by atomic mass is 10.0. The third-order valence-electron chi connectivity index (χ3n) is 2.43. The van der Waals surface area contributed by atoms with Gasteiger partial charge in [0.15, 0.2) is 0 Å². The third-order valence-corrected chi connectivity index (χ3v) is 3.17. The Kier molecular flexibility index (Phi) is 2.93. The highest BCUT2D eigenvalue weighted by atomic mass is 32.1. The molecule has 0 atom stereocenters. The molecular formula is C12H8F2O2S. The molecule has 0 fully saturated rings. The average Bonchev–Trinajstić information content (AvgIpc) is 2.72. The van der Waals surface area contributed by atoms with Gasteiger partial charge in [-0.15, -0.1) is 0 Å². The zero-order valence-corrected chi connectivity index (χ0v) is 9.65. The summed E-state index contributed by atoms with van der Waals surface area (Å²) in [6.45, 7) is 1.45. The summed E-state index contributed by atoms with van der Waals surface area (Å²) >= 11 is 1.14. The first-order chi connectivity index (χ1) is 8.00. The van der Waals surface area contributed by atoms with Crippen LogP contribution in [0.3, 0.4) is 0 Å². The largest absolute Gasteiger partial charge is 0.478 e. The van der Waals surface area contributed by atoms with E-state index in [2.05, 4.69) is 0 Å². The van der Waals surface area contributed by atoms with Crippen molar-refractivity contribution in [3.63, 3.8) is 0 Å². The van der Waals surface area contributed by atoms with Gasteiger partial charge < -0.3 is 5.11 Å². The van der Waals surface area contributed by atoms with E-state index in [1.807, 2.05) is 0 Å². The van der Waals surface area contributed by atoms with Crippen molar-refractivity contribution in [3.8, 4) is 11.1 Å². The summed E-state index contributed by atoms with van der Waals surface area (Å²) in [5.41, 5.74) is 0.362. The molecule has 1 aromatic carbocycles. The molecule has 2 aromatic rings. The van der Waals surface area contributed by atoms with Crippen LogP contribution in [0, 0.1) is 18.6 Å². The highest BCUT2D eigenvalue weighted by Gasteiger charge is 2.17. The van der Waals surface area contributed by atoms with Gasteiger partial charge in [-0.1, -0.05) is 0 Å². The van der Waals surface area contributed by atoms with Crippen LogP contribution in [0.4, 0.5) is 8.78 Å². The molecule has 0 amide bonds. The molecule has 1 N–H and O–H groups in total. The van der Waals surface area contributed by atoms with E-state index in [1.54, 1.807) is 0 Å². The minimum absolute atomic E-state index is 0.0165. The number of halogens is 2. The third kappa shape index (κ3) is 2.06. The van der Waals surface area contributed by atoms with E-state index in [4.69, 9.17) is 5.11 Å².